The highest BCUT2D eigenvalue weighted by molar-refractivity contribution is 5.76. The first-order valence-corrected chi connectivity index (χ1v) is 5.45. The summed E-state index contributed by atoms with van der Waals surface area (Å²) in [4.78, 5) is 13.7. The zero-order valence-corrected chi connectivity index (χ0v) is 9.88. The van der Waals surface area contributed by atoms with Gasteiger partial charge in [-0.15, -0.1) is 0 Å². The second-order valence-corrected chi connectivity index (χ2v) is 3.59. The number of ether oxygens (including phenoxy) is 1. The summed E-state index contributed by atoms with van der Waals surface area (Å²) in [6.07, 6.45) is 2.53. The van der Waals surface area contributed by atoms with Gasteiger partial charge in [0.1, 0.15) is 0 Å². The van der Waals surface area contributed by atoms with Gasteiger partial charge >= 0.3 is 0 Å². The van der Waals surface area contributed by atoms with Crippen molar-refractivity contribution >= 4 is 5.91 Å². The highest BCUT2D eigenvalue weighted by Crippen LogP contribution is 2.06. The molecule has 0 heterocycles. The standard InChI is InChI=1S/C11H23NO2/c1-5-8-12(10(3)6-2)11(13)7-9-14-4/h10H,5-9H2,1-4H3. The van der Waals surface area contributed by atoms with E-state index in [1.165, 1.54) is 0 Å². The maximum atomic E-state index is 11.7. The maximum absolute atomic E-state index is 11.7. The van der Waals surface area contributed by atoms with Gasteiger partial charge in [-0.3, -0.25) is 4.79 Å². The highest BCUT2D eigenvalue weighted by Gasteiger charge is 2.16. The molecule has 0 fully saturated rings. The minimum absolute atomic E-state index is 0.211. The molecule has 0 N–H and O–H groups in total. The average Bonchev–Trinajstić information content (AvgIpc) is 2.21. The number of carbonyl (C=O) groups excluding carboxylic acids is 1. The number of carbonyl (C=O) groups is 1. The molecule has 0 saturated heterocycles. The van der Waals surface area contributed by atoms with E-state index in [1.54, 1.807) is 7.11 Å². The Morgan fingerprint density at radius 2 is 2.07 bits per heavy atom. The Hall–Kier alpha value is -0.570. The van der Waals surface area contributed by atoms with Crippen LogP contribution in [0.4, 0.5) is 0 Å². The summed E-state index contributed by atoms with van der Waals surface area (Å²) < 4.78 is 4.91. The molecule has 0 aromatic rings. The van der Waals surface area contributed by atoms with E-state index in [9.17, 15) is 4.79 Å². The molecule has 0 aromatic heterocycles. The molecule has 3 heteroatoms. The third kappa shape index (κ3) is 4.61. The molecule has 0 rings (SSSR count). The van der Waals surface area contributed by atoms with Crippen LogP contribution in [0.15, 0.2) is 0 Å². The number of hydrogen-bond donors (Lipinski definition) is 0. The van der Waals surface area contributed by atoms with Crippen LogP contribution in [0.2, 0.25) is 0 Å². The third-order valence-electron chi connectivity index (χ3n) is 2.43. The molecule has 84 valence electrons. The van der Waals surface area contributed by atoms with E-state index in [0.717, 1.165) is 19.4 Å². The van der Waals surface area contributed by atoms with Gasteiger partial charge in [0.2, 0.25) is 5.91 Å². The number of rotatable bonds is 7. The van der Waals surface area contributed by atoms with Crippen LogP contribution in [-0.4, -0.2) is 37.1 Å². The largest absolute Gasteiger partial charge is 0.384 e. The van der Waals surface area contributed by atoms with Crippen molar-refractivity contribution in [2.24, 2.45) is 0 Å². The van der Waals surface area contributed by atoms with E-state index >= 15 is 0 Å². The van der Waals surface area contributed by atoms with Gasteiger partial charge < -0.3 is 9.64 Å². The first-order valence-electron chi connectivity index (χ1n) is 5.45. The van der Waals surface area contributed by atoms with Crippen molar-refractivity contribution in [2.75, 3.05) is 20.3 Å². The van der Waals surface area contributed by atoms with Gasteiger partial charge in [0.15, 0.2) is 0 Å². The molecule has 0 aromatic carbocycles. The van der Waals surface area contributed by atoms with Gasteiger partial charge in [-0.25, -0.2) is 0 Å². The van der Waals surface area contributed by atoms with Gasteiger partial charge in [-0.2, -0.15) is 0 Å². The Bertz CT molecular complexity index is 159. The van der Waals surface area contributed by atoms with E-state index in [-0.39, 0.29) is 5.91 Å². The minimum atomic E-state index is 0.211. The lowest BCUT2D eigenvalue weighted by Crippen LogP contribution is -2.39. The van der Waals surface area contributed by atoms with Crippen molar-refractivity contribution in [3.63, 3.8) is 0 Å². The number of nitrogens with zero attached hydrogens (tertiary/aromatic N) is 1. The van der Waals surface area contributed by atoms with Crippen LogP contribution in [-0.2, 0) is 9.53 Å². The van der Waals surface area contributed by atoms with Crippen LogP contribution in [0.25, 0.3) is 0 Å². The summed E-state index contributed by atoms with van der Waals surface area (Å²) >= 11 is 0. The SMILES string of the molecule is CCCN(C(=O)CCOC)C(C)CC. The minimum Gasteiger partial charge on any atom is -0.384 e. The van der Waals surface area contributed by atoms with Crippen LogP contribution < -0.4 is 0 Å². The second kappa shape index (κ2) is 7.80. The number of methoxy groups -OCH3 is 1. The molecule has 0 aliphatic carbocycles. The van der Waals surface area contributed by atoms with Crippen LogP contribution >= 0.6 is 0 Å². The maximum Gasteiger partial charge on any atom is 0.225 e. The molecule has 0 bridgehead atoms. The highest BCUT2D eigenvalue weighted by atomic mass is 16.5. The lowest BCUT2D eigenvalue weighted by atomic mass is 10.2. The topological polar surface area (TPSA) is 29.5 Å². The normalized spacial score (nSPS) is 12.6. The monoisotopic (exact) mass is 201 g/mol. The Kier molecular flexibility index (Phi) is 7.48. The zero-order valence-electron chi connectivity index (χ0n) is 9.88. The van der Waals surface area contributed by atoms with E-state index < -0.39 is 0 Å². The van der Waals surface area contributed by atoms with E-state index in [0.29, 0.717) is 19.1 Å². The summed E-state index contributed by atoms with van der Waals surface area (Å²) in [7, 11) is 1.63. The number of amides is 1. The fourth-order valence-corrected chi connectivity index (χ4v) is 1.39. The van der Waals surface area contributed by atoms with Crippen LogP contribution in [0.1, 0.15) is 40.0 Å². The van der Waals surface area contributed by atoms with Crippen LogP contribution in [0, 0.1) is 0 Å². The molecule has 3 nitrogen and oxygen atoms in total. The fraction of sp³-hybridized carbons (Fsp3) is 0.909. The molecule has 1 unspecified atom stereocenters. The van der Waals surface area contributed by atoms with E-state index in [4.69, 9.17) is 4.74 Å². The van der Waals surface area contributed by atoms with Crippen molar-refractivity contribution in [3.05, 3.63) is 0 Å². The smallest absolute Gasteiger partial charge is 0.225 e. The van der Waals surface area contributed by atoms with Crippen LogP contribution in [0.5, 0.6) is 0 Å². The Morgan fingerprint density at radius 3 is 2.50 bits per heavy atom. The Morgan fingerprint density at radius 1 is 1.43 bits per heavy atom. The molecule has 0 aliphatic rings. The predicted octanol–water partition coefficient (Wildman–Crippen LogP) is 2.06. The first kappa shape index (κ1) is 13.4. The third-order valence-corrected chi connectivity index (χ3v) is 2.43. The van der Waals surface area contributed by atoms with Crippen molar-refractivity contribution in [2.45, 2.75) is 46.1 Å². The van der Waals surface area contributed by atoms with Crippen LogP contribution in [0.3, 0.4) is 0 Å². The van der Waals surface area contributed by atoms with Crippen molar-refractivity contribution in [1.29, 1.82) is 0 Å². The molecule has 0 saturated carbocycles. The second-order valence-electron chi connectivity index (χ2n) is 3.59. The summed E-state index contributed by atoms with van der Waals surface area (Å²) in [6.45, 7) is 7.68. The summed E-state index contributed by atoms with van der Waals surface area (Å²) in [5.74, 6) is 0.211. The molecule has 0 aliphatic heterocycles. The van der Waals surface area contributed by atoms with Crippen molar-refractivity contribution in [3.8, 4) is 0 Å². The molecule has 1 atom stereocenters. The Labute approximate surface area is 87.4 Å². The quantitative estimate of drug-likeness (QED) is 0.631. The average molecular weight is 201 g/mol. The van der Waals surface area contributed by atoms with E-state index in [2.05, 4.69) is 20.8 Å². The van der Waals surface area contributed by atoms with E-state index in [1.807, 2.05) is 4.90 Å². The fourth-order valence-electron chi connectivity index (χ4n) is 1.39. The lowest BCUT2D eigenvalue weighted by Gasteiger charge is -2.28. The molecule has 14 heavy (non-hydrogen) atoms. The molecule has 0 spiro atoms. The summed E-state index contributed by atoms with van der Waals surface area (Å²) in [6, 6.07) is 0.347. The van der Waals surface area contributed by atoms with Crippen molar-refractivity contribution in [1.82, 2.24) is 4.90 Å². The van der Waals surface area contributed by atoms with Crippen molar-refractivity contribution < 1.29 is 9.53 Å². The predicted molar refractivity (Wildman–Crippen MR) is 58.3 cm³/mol. The summed E-state index contributed by atoms with van der Waals surface area (Å²) in [5.41, 5.74) is 0. The number of hydrogen-bond acceptors (Lipinski definition) is 2. The van der Waals surface area contributed by atoms with Gasteiger partial charge in [0.05, 0.1) is 13.0 Å². The van der Waals surface area contributed by atoms with Gasteiger partial charge in [0, 0.05) is 19.7 Å². The van der Waals surface area contributed by atoms with Gasteiger partial charge in [0.25, 0.3) is 0 Å². The molecule has 1 amide bonds. The summed E-state index contributed by atoms with van der Waals surface area (Å²) in [5, 5.41) is 0. The lowest BCUT2D eigenvalue weighted by molar-refractivity contribution is -0.134. The molecular weight excluding hydrogens is 178 g/mol. The first-order chi connectivity index (χ1) is 6.67. The zero-order chi connectivity index (χ0) is 11.0. The Balaban J connectivity index is 4.10. The molecular formula is C11H23NO2. The van der Waals surface area contributed by atoms with Gasteiger partial charge in [-0.05, 0) is 19.8 Å². The van der Waals surface area contributed by atoms with Gasteiger partial charge in [-0.1, -0.05) is 13.8 Å². The molecule has 0 radical (unpaired) electrons.